The van der Waals surface area contributed by atoms with Crippen LogP contribution in [0.4, 0.5) is 5.82 Å². The van der Waals surface area contributed by atoms with E-state index in [4.69, 9.17) is 0 Å². The number of nitrogens with one attached hydrogen (secondary N) is 1. The fourth-order valence-electron chi connectivity index (χ4n) is 1.71. The molecule has 0 saturated carbocycles. The van der Waals surface area contributed by atoms with E-state index in [1.54, 1.807) is 26.4 Å². The molecule has 2 rings (SSSR count). The summed E-state index contributed by atoms with van der Waals surface area (Å²) in [5.74, 6) is 0.480. The number of aromatic nitrogens is 3. The average Bonchev–Trinajstić information content (AvgIpc) is 2.32. The monoisotopic (exact) mass is 220 g/mol. The molecule has 0 aliphatic rings. The van der Waals surface area contributed by atoms with E-state index < -0.39 is 0 Å². The summed E-state index contributed by atoms with van der Waals surface area (Å²) in [5, 5.41) is 3.27. The predicted octanol–water partition coefficient (Wildman–Crippen LogP) is -0.326. The van der Waals surface area contributed by atoms with Gasteiger partial charge in [-0.2, -0.15) is 0 Å². The van der Waals surface area contributed by atoms with Crippen LogP contribution in [-0.2, 0) is 14.1 Å². The SMILES string of the molecule is CNc1nccc2c1c(=O)n(C)c(=O)n2C. The van der Waals surface area contributed by atoms with Gasteiger partial charge < -0.3 is 5.32 Å². The van der Waals surface area contributed by atoms with Crippen molar-refractivity contribution in [3.63, 3.8) is 0 Å². The molecule has 0 amide bonds. The lowest BCUT2D eigenvalue weighted by atomic mass is 10.3. The summed E-state index contributed by atoms with van der Waals surface area (Å²) in [6, 6.07) is 1.65. The van der Waals surface area contributed by atoms with E-state index in [9.17, 15) is 9.59 Å². The minimum absolute atomic E-state index is 0.337. The Morgan fingerprint density at radius 2 is 1.94 bits per heavy atom. The van der Waals surface area contributed by atoms with Crippen LogP contribution in [0.3, 0.4) is 0 Å². The van der Waals surface area contributed by atoms with Crippen LogP contribution in [0.5, 0.6) is 0 Å². The van der Waals surface area contributed by atoms with Crippen LogP contribution in [0.2, 0.25) is 0 Å². The number of hydrogen-bond donors (Lipinski definition) is 1. The molecule has 0 bridgehead atoms. The van der Waals surface area contributed by atoms with Crippen LogP contribution < -0.4 is 16.6 Å². The van der Waals surface area contributed by atoms with E-state index in [1.165, 1.54) is 11.6 Å². The average molecular weight is 220 g/mol. The van der Waals surface area contributed by atoms with Crippen molar-refractivity contribution < 1.29 is 0 Å². The molecule has 2 aromatic heterocycles. The van der Waals surface area contributed by atoms with E-state index in [1.807, 2.05) is 0 Å². The Balaban J connectivity index is 3.15. The van der Waals surface area contributed by atoms with E-state index in [0.29, 0.717) is 16.7 Å². The second-order valence-corrected chi connectivity index (χ2v) is 3.51. The molecule has 2 aromatic rings. The van der Waals surface area contributed by atoms with Gasteiger partial charge in [-0.15, -0.1) is 0 Å². The maximum absolute atomic E-state index is 12.0. The molecule has 6 nitrogen and oxygen atoms in total. The topological polar surface area (TPSA) is 68.9 Å². The molecule has 6 heteroatoms. The van der Waals surface area contributed by atoms with Gasteiger partial charge >= 0.3 is 5.69 Å². The van der Waals surface area contributed by atoms with Crippen molar-refractivity contribution in [2.24, 2.45) is 14.1 Å². The van der Waals surface area contributed by atoms with Crippen molar-refractivity contribution in [1.29, 1.82) is 0 Å². The quantitative estimate of drug-likeness (QED) is 0.714. The second-order valence-electron chi connectivity index (χ2n) is 3.51. The van der Waals surface area contributed by atoms with Gasteiger partial charge in [0.25, 0.3) is 5.56 Å². The fourth-order valence-corrected chi connectivity index (χ4v) is 1.71. The standard InChI is InChI=1S/C10H12N4O2/c1-11-8-7-6(4-5-12-8)13(2)10(16)14(3)9(7)15/h4-5H,1-3H3,(H,11,12). The molecule has 0 radical (unpaired) electrons. The molecule has 0 saturated heterocycles. The van der Waals surface area contributed by atoms with Gasteiger partial charge in [-0.05, 0) is 6.07 Å². The summed E-state index contributed by atoms with van der Waals surface area (Å²) in [6.07, 6.45) is 1.56. The minimum Gasteiger partial charge on any atom is -0.372 e. The van der Waals surface area contributed by atoms with Crippen LogP contribution >= 0.6 is 0 Å². The van der Waals surface area contributed by atoms with Crippen molar-refractivity contribution in [1.82, 2.24) is 14.1 Å². The van der Waals surface area contributed by atoms with E-state index in [-0.39, 0.29) is 11.2 Å². The zero-order valence-corrected chi connectivity index (χ0v) is 9.31. The predicted molar refractivity (Wildman–Crippen MR) is 61.8 cm³/mol. The third-order valence-electron chi connectivity index (χ3n) is 2.62. The van der Waals surface area contributed by atoms with Gasteiger partial charge in [0, 0.05) is 27.3 Å². The molecule has 0 unspecified atom stereocenters. The maximum Gasteiger partial charge on any atom is 0.330 e. The molecule has 16 heavy (non-hydrogen) atoms. The highest BCUT2D eigenvalue weighted by Gasteiger charge is 2.11. The van der Waals surface area contributed by atoms with Crippen molar-refractivity contribution in [2.45, 2.75) is 0 Å². The number of fused-ring (bicyclic) bond motifs is 1. The molecule has 0 aromatic carbocycles. The van der Waals surface area contributed by atoms with Crippen molar-refractivity contribution in [2.75, 3.05) is 12.4 Å². The summed E-state index contributed by atoms with van der Waals surface area (Å²) in [7, 11) is 4.77. The van der Waals surface area contributed by atoms with Gasteiger partial charge in [-0.1, -0.05) is 0 Å². The number of aryl methyl sites for hydroxylation is 1. The first kappa shape index (κ1) is 10.4. The van der Waals surface area contributed by atoms with Crippen LogP contribution in [0.15, 0.2) is 21.9 Å². The molecule has 1 N–H and O–H groups in total. The number of rotatable bonds is 1. The molecule has 0 fully saturated rings. The van der Waals surface area contributed by atoms with Crippen molar-refractivity contribution in [3.05, 3.63) is 33.1 Å². The van der Waals surface area contributed by atoms with Crippen LogP contribution in [-0.4, -0.2) is 21.2 Å². The van der Waals surface area contributed by atoms with Crippen LogP contribution in [0, 0.1) is 0 Å². The minimum atomic E-state index is -0.342. The molecule has 0 aliphatic carbocycles. The molecule has 84 valence electrons. The third kappa shape index (κ3) is 1.23. The fraction of sp³-hybridized carbons (Fsp3) is 0.300. The summed E-state index contributed by atoms with van der Waals surface area (Å²) < 4.78 is 2.50. The van der Waals surface area contributed by atoms with Crippen molar-refractivity contribution >= 4 is 16.7 Å². The number of anilines is 1. The molecular formula is C10H12N4O2. The summed E-state index contributed by atoms with van der Waals surface area (Å²) >= 11 is 0. The Morgan fingerprint density at radius 1 is 1.25 bits per heavy atom. The molecule has 0 aliphatic heterocycles. The molecule has 0 atom stereocenters. The normalized spacial score (nSPS) is 10.7. The van der Waals surface area contributed by atoms with Gasteiger partial charge in [-0.3, -0.25) is 13.9 Å². The number of nitrogens with zero attached hydrogens (tertiary/aromatic N) is 3. The molecular weight excluding hydrogens is 208 g/mol. The molecule has 2 heterocycles. The Bertz CT molecular complexity index is 669. The maximum atomic E-state index is 12.0. The van der Waals surface area contributed by atoms with E-state index in [2.05, 4.69) is 10.3 Å². The lowest BCUT2D eigenvalue weighted by Crippen LogP contribution is -2.37. The van der Waals surface area contributed by atoms with Gasteiger partial charge in [0.1, 0.15) is 11.2 Å². The zero-order valence-electron chi connectivity index (χ0n) is 9.31. The smallest absolute Gasteiger partial charge is 0.330 e. The van der Waals surface area contributed by atoms with Gasteiger partial charge in [0.2, 0.25) is 0 Å². The van der Waals surface area contributed by atoms with Gasteiger partial charge in [-0.25, -0.2) is 9.78 Å². The number of pyridine rings is 1. The third-order valence-corrected chi connectivity index (χ3v) is 2.62. The first-order valence-electron chi connectivity index (χ1n) is 4.80. The Morgan fingerprint density at radius 3 is 2.56 bits per heavy atom. The van der Waals surface area contributed by atoms with Gasteiger partial charge in [0.15, 0.2) is 0 Å². The first-order valence-corrected chi connectivity index (χ1v) is 4.80. The summed E-state index contributed by atoms with van der Waals surface area (Å²) in [6.45, 7) is 0. The first-order chi connectivity index (χ1) is 7.57. The number of hydrogen-bond acceptors (Lipinski definition) is 4. The van der Waals surface area contributed by atoms with Gasteiger partial charge in [0.05, 0.1) is 5.52 Å². The highest BCUT2D eigenvalue weighted by Crippen LogP contribution is 2.14. The summed E-state index contributed by atoms with van der Waals surface area (Å²) in [5.41, 5.74) is -0.103. The van der Waals surface area contributed by atoms with Crippen LogP contribution in [0.25, 0.3) is 10.9 Å². The Hall–Kier alpha value is -2.11. The van der Waals surface area contributed by atoms with Crippen molar-refractivity contribution in [3.8, 4) is 0 Å². The lowest BCUT2D eigenvalue weighted by Gasteiger charge is -2.09. The zero-order chi connectivity index (χ0) is 11.9. The largest absolute Gasteiger partial charge is 0.372 e. The highest BCUT2D eigenvalue weighted by molar-refractivity contribution is 5.88. The summed E-state index contributed by atoms with van der Waals surface area (Å²) in [4.78, 5) is 27.7. The Labute approximate surface area is 91.2 Å². The van der Waals surface area contributed by atoms with E-state index in [0.717, 1.165) is 4.57 Å². The molecule has 0 spiro atoms. The second kappa shape index (κ2) is 3.48. The lowest BCUT2D eigenvalue weighted by molar-refractivity contribution is 0.713. The van der Waals surface area contributed by atoms with Crippen LogP contribution in [0.1, 0.15) is 0 Å². The Kier molecular flexibility index (Phi) is 2.26. The highest BCUT2D eigenvalue weighted by atomic mass is 16.2. The van der Waals surface area contributed by atoms with E-state index >= 15 is 0 Å².